The van der Waals surface area contributed by atoms with E-state index < -0.39 is 26.0 Å². The van der Waals surface area contributed by atoms with E-state index in [1.165, 1.54) is 18.2 Å². The van der Waals surface area contributed by atoms with E-state index >= 15 is 0 Å². The molecule has 0 radical (unpaired) electrons. The second-order valence-corrected chi connectivity index (χ2v) is 7.19. The van der Waals surface area contributed by atoms with Crippen molar-refractivity contribution in [1.82, 2.24) is 0 Å². The van der Waals surface area contributed by atoms with Crippen molar-refractivity contribution in [3.05, 3.63) is 29.0 Å². The molecule has 0 aromatic heterocycles. The summed E-state index contributed by atoms with van der Waals surface area (Å²) in [6.07, 6.45) is -0.252. The number of nitrogens with zero attached hydrogens (tertiary/aromatic N) is 1. The van der Waals surface area contributed by atoms with Crippen molar-refractivity contribution in [3.8, 4) is 0 Å². The molecule has 1 saturated heterocycles. The highest BCUT2D eigenvalue weighted by Gasteiger charge is 2.39. The molecule has 1 aliphatic heterocycles. The average Bonchev–Trinajstić information content (AvgIpc) is 2.64. The summed E-state index contributed by atoms with van der Waals surface area (Å²) in [6, 6.07) is 4.19. The number of carbonyl (C=O) groups is 1. The van der Waals surface area contributed by atoms with Gasteiger partial charge in [0.15, 0.2) is 5.82 Å². The third kappa shape index (κ3) is 2.46. The van der Waals surface area contributed by atoms with E-state index in [0.29, 0.717) is 0 Å². The minimum atomic E-state index is -3.85. The summed E-state index contributed by atoms with van der Waals surface area (Å²) < 4.78 is 36.1. The summed E-state index contributed by atoms with van der Waals surface area (Å²) in [5.41, 5.74) is -0.0321. The van der Waals surface area contributed by atoms with Gasteiger partial charge in [-0.3, -0.25) is 4.79 Å². The Morgan fingerprint density at radius 3 is 2.61 bits per heavy atom. The lowest BCUT2D eigenvalue weighted by atomic mass is 10.3. The molecule has 0 spiro atoms. The molecule has 2 rings (SSSR count). The molecule has 1 fully saturated rings. The Labute approximate surface area is 113 Å². The SMILES string of the molecule is O=C1CC(S(=O)(=O)Cl)CN1c1cccc(Cl)c1F. The van der Waals surface area contributed by atoms with E-state index in [4.69, 9.17) is 22.3 Å². The van der Waals surface area contributed by atoms with E-state index in [9.17, 15) is 17.6 Å². The summed E-state index contributed by atoms with van der Waals surface area (Å²) in [5.74, 6) is -1.24. The van der Waals surface area contributed by atoms with E-state index in [1.54, 1.807) is 0 Å². The molecule has 1 heterocycles. The zero-order valence-electron chi connectivity index (χ0n) is 8.94. The molecule has 0 saturated carbocycles. The van der Waals surface area contributed by atoms with Crippen molar-refractivity contribution in [3.63, 3.8) is 0 Å². The molecule has 4 nitrogen and oxygen atoms in total. The fourth-order valence-corrected chi connectivity index (χ4v) is 2.99. The lowest BCUT2D eigenvalue weighted by Crippen LogP contribution is -2.27. The van der Waals surface area contributed by atoms with Crippen molar-refractivity contribution in [1.29, 1.82) is 0 Å². The molecule has 1 aliphatic rings. The number of amides is 1. The first-order valence-electron chi connectivity index (χ1n) is 4.98. The van der Waals surface area contributed by atoms with Crippen LogP contribution in [0.2, 0.25) is 5.02 Å². The number of hydrogen-bond donors (Lipinski definition) is 0. The maximum absolute atomic E-state index is 13.7. The number of carbonyl (C=O) groups excluding carboxylic acids is 1. The average molecular weight is 312 g/mol. The van der Waals surface area contributed by atoms with Gasteiger partial charge in [0, 0.05) is 23.6 Å². The molecule has 1 atom stereocenters. The van der Waals surface area contributed by atoms with Crippen LogP contribution in [0.4, 0.5) is 10.1 Å². The molecule has 1 aromatic carbocycles. The van der Waals surface area contributed by atoms with Crippen LogP contribution >= 0.6 is 22.3 Å². The highest BCUT2D eigenvalue weighted by molar-refractivity contribution is 8.14. The first-order chi connectivity index (χ1) is 8.30. The number of rotatable bonds is 2. The van der Waals surface area contributed by atoms with Gasteiger partial charge in [-0.15, -0.1) is 0 Å². The van der Waals surface area contributed by atoms with Crippen LogP contribution in [0, 0.1) is 5.82 Å². The molecule has 1 amide bonds. The smallest absolute Gasteiger partial charge is 0.237 e. The van der Waals surface area contributed by atoms with Crippen molar-refractivity contribution in [2.75, 3.05) is 11.4 Å². The van der Waals surface area contributed by atoms with Crippen molar-refractivity contribution in [2.45, 2.75) is 11.7 Å². The van der Waals surface area contributed by atoms with Gasteiger partial charge in [0.1, 0.15) is 5.25 Å². The Bertz CT molecular complexity index is 605. The lowest BCUT2D eigenvalue weighted by molar-refractivity contribution is -0.117. The monoisotopic (exact) mass is 311 g/mol. The van der Waals surface area contributed by atoms with Gasteiger partial charge in [0.05, 0.1) is 10.7 Å². The van der Waals surface area contributed by atoms with Crippen molar-refractivity contribution >= 4 is 42.9 Å². The Morgan fingerprint density at radius 1 is 1.39 bits per heavy atom. The molecule has 98 valence electrons. The zero-order valence-corrected chi connectivity index (χ0v) is 11.3. The minimum Gasteiger partial charge on any atom is -0.308 e. The second kappa shape index (κ2) is 4.68. The molecule has 0 N–H and O–H groups in total. The fourth-order valence-electron chi connectivity index (χ4n) is 1.80. The maximum Gasteiger partial charge on any atom is 0.237 e. The van der Waals surface area contributed by atoms with Crippen LogP contribution in [0.3, 0.4) is 0 Å². The normalized spacial score (nSPS) is 20.5. The topological polar surface area (TPSA) is 54.5 Å². The van der Waals surface area contributed by atoms with Crippen LogP contribution in [0.15, 0.2) is 18.2 Å². The number of benzene rings is 1. The van der Waals surface area contributed by atoms with Crippen LogP contribution in [0.1, 0.15) is 6.42 Å². The highest BCUT2D eigenvalue weighted by Crippen LogP contribution is 2.31. The van der Waals surface area contributed by atoms with Crippen LogP contribution in [0.5, 0.6) is 0 Å². The molecular weight excluding hydrogens is 304 g/mol. The third-order valence-corrected chi connectivity index (χ3v) is 4.87. The Morgan fingerprint density at radius 2 is 2.06 bits per heavy atom. The van der Waals surface area contributed by atoms with E-state index in [0.717, 1.165) is 4.90 Å². The first kappa shape index (κ1) is 13.6. The Balaban J connectivity index is 2.36. The van der Waals surface area contributed by atoms with E-state index in [1.807, 2.05) is 0 Å². The predicted molar refractivity (Wildman–Crippen MR) is 66.9 cm³/mol. The summed E-state index contributed by atoms with van der Waals surface area (Å²) >= 11 is 5.61. The molecule has 8 heteroatoms. The van der Waals surface area contributed by atoms with Crippen LogP contribution in [-0.4, -0.2) is 26.1 Å². The van der Waals surface area contributed by atoms with E-state index in [2.05, 4.69) is 0 Å². The predicted octanol–water partition coefficient (Wildman–Crippen LogP) is 2.15. The van der Waals surface area contributed by atoms with Gasteiger partial charge in [-0.25, -0.2) is 12.8 Å². The molecule has 0 aliphatic carbocycles. The number of halogens is 3. The summed E-state index contributed by atoms with van der Waals surface area (Å²) in [5, 5.41) is -1.15. The maximum atomic E-state index is 13.7. The van der Waals surface area contributed by atoms with Gasteiger partial charge in [0.25, 0.3) is 0 Å². The summed E-state index contributed by atoms with van der Waals surface area (Å²) in [4.78, 5) is 12.7. The summed E-state index contributed by atoms with van der Waals surface area (Å²) in [6.45, 7) is -0.165. The molecule has 0 bridgehead atoms. The third-order valence-electron chi connectivity index (χ3n) is 2.71. The summed E-state index contributed by atoms with van der Waals surface area (Å²) in [7, 11) is 1.36. The molecular formula is C10H8Cl2FNO3S. The van der Waals surface area contributed by atoms with Crippen LogP contribution in [0.25, 0.3) is 0 Å². The number of anilines is 1. The van der Waals surface area contributed by atoms with Crippen LogP contribution < -0.4 is 4.90 Å². The van der Waals surface area contributed by atoms with E-state index in [-0.39, 0.29) is 23.7 Å². The Hall–Kier alpha value is -0.850. The van der Waals surface area contributed by atoms with Gasteiger partial charge in [0.2, 0.25) is 15.0 Å². The minimum absolute atomic E-state index is 0.0321. The standard InChI is InChI=1S/C10H8Cl2FNO3S/c11-7-2-1-3-8(10(7)13)14-5-6(4-9(14)15)18(12,16)17/h1-3,6H,4-5H2. The second-order valence-electron chi connectivity index (χ2n) is 3.88. The molecule has 1 unspecified atom stereocenters. The van der Waals surface area contributed by atoms with Gasteiger partial charge >= 0.3 is 0 Å². The van der Waals surface area contributed by atoms with Gasteiger partial charge in [-0.1, -0.05) is 17.7 Å². The first-order valence-corrected chi connectivity index (χ1v) is 7.73. The van der Waals surface area contributed by atoms with Gasteiger partial charge in [-0.2, -0.15) is 0 Å². The molecule has 1 aromatic rings. The van der Waals surface area contributed by atoms with Gasteiger partial charge < -0.3 is 4.90 Å². The largest absolute Gasteiger partial charge is 0.308 e. The van der Waals surface area contributed by atoms with Crippen LogP contribution in [-0.2, 0) is 13.8 Å². The van der Waals surface area contributed by atoms with Crippen molar-refractivity contribution < 1.29 is 17.6 Å². The zero-order chi connectivity index (χ0) is 13.5. The highest BCUT2D eigenvalue weighted by atomic mass is 35.7. The Kier molecular flexibility index (Phi) is 3.53. The van der Waals surface area contributed by atoms with Crippen molar-refractivity contribution in [2.24, 2.45) is 0 Å². The van der Waals surface area contributed by atoms with Gasteiger partial charge in [-0.05, 0) is 12.1 Å². The lowest BCUT2D eigenvalue weighted by Gasteiger charge is -2.17. The number of hydrogen-bond acceptors (Lipinski definition) is 3. The quantitative estimate of drug-likeness (QED) is 0.786. The fraction of sp³-hybridized carbons (Fsp3) is 0.300. The molecule has 18 heavy (non-hydrogen) atoms.